The molecule has 4 aromatic carbocycles. The van der Waals surface area contributed by atoms with E-state index in [-0.39, 0.29) is 34.1 Å². The van der Waals surface area contributed by atoms with Crippen molar-refractivity contribution < 1.29 is 48.5 Å². The summed E-state index contributed by atoms with van der Waals surface area (Å²) in [5.41, 5.74) is 0. The zero-order valence-electron chi connectivity index (χ0n) is 13.9. The van der Waals surface area contributed by atoms with Crippen LogP contribution in [-0.4, -0.2) is 12.3 Å². The molecule has 6 heteroatoms. The molecule has 4 aromatic rings. The molecule has 0 heterocycles. The predicted octanol–water partition coefficient (Wildman–Crippen LogP) is 4.37. The molecule has 0 aliphatic rings. The van der Waals surface area contributed by atoms with Crippen molar-refractivity contribution >= 4 is 7.32 Å². The van der Waals surface area contributed by atoms with Gasteiger partial charge in [0.1, 0.15) is 0 Å². The summed E-state index contributed by atoms with van der Waals surface area (Å²) in [6.45, 7) is 0. The fourth-order valence-corrected chi connectivity index (χ4v) is 1.77. The Kier molecular flexibility index (Phi) is 14.2. The van der Waals surface area contributed by atoms with Crippen molar-refractivity contribution in [2.24, 2.45) is 0 Å². The minimum absolute atomic E-state index is 0. The normalized spacial score (nSPS) is 8.35. The van der Waals surface area contributed by atoms with E-state index in [1.165, 1.54) is 0 Å². The van der Waals surface area contributed by atoms with E-state index < -0.39 is 7.32 Å². The van der Waals surface area contributed by atoms with Gasteiger partial charge in [-0.25, -0.2) is 36.4 Å². The largest absolute Gasteiger partial charge is 2.00 e. The number of rotatable bonds is 4. The van der Waals surface area contributed by atoms with Crippen LogP contribution in [0, 0.1) is 0 Å². The van der Waals surface area contributed by atoms with Gasteiger partial charge < -0.3 is 14.3 Å². The summed E-state index contributed by atoms with van der Waals surface area (Å²) in [6, 6.07) is 34.3. The zero-order chi connectivity index (χ0) is 16.9. The van der Waals surface area contributed by atoms with Crippen LogP contribution in [-0.2, 0) is 34.1 Å². The van der Waals surface area contributed by atoms with Gasteiger partial charge in [-0.15, -0.1) is 12.1 Å². The van der Waals surface area contributed by atoms with Gasteiger partial charge in [-0.1, -0.05) is 0 Å². The Morgan fingerprint density at radius 1 is 0.615 bits per heavy atom. The first-order valence-corrected chi connectivity index (χ1v) is 7.63. The van der Waals surface area contributed by atoms with Crippen LogP contribution in [0.25, 0.3) is 0 Å². The van der Waals surface area contributed by atoms with E-state index in [1.54, 1.807) is 24.3 Å². The van der Waals surface area contributed by atoms with Gasteiger partial charge in [0, 0.05) is 0 Å². The summed E-state index contributed by atoms with van der Waals surface area (Å²) < 4.78 is 10.1. The Balaban J connectivity index is 0.000000432. The summed E-state index contributed by atoms with van der Waals surface area (Å²) in [7, 11) is -1.26. The third-order valence-electron chi connectivity index (χ3n) is 2.85. The van der Waals surface area contributed by atoms with Crippen LogP contribution in [0.5, 0.6) is 11.5 Å². The second-order valence-corrected chi connectivity index (χ2v) is 4.71. The van der Waals surface area contributed by atoms with Gasteiger partial charge in [-0.2, -0.15) is 60.7 Å². The monoisotopic (exact) mass is 430 g/mol. The summed E-state index contributed by atoms with van der Waals surface area (Å²) in [6.07, 6.45) is 0. The molecule has 3 nitrogen and oxygen atoms in total. The van der Waals surface area contributed by atoms with Crippen LogP contribution < -0.4 is 9.31 Å². The molecule has 0 spiro atoms. The molecular formula is C20H19BFe2O3. The first kappa shape index (κ1) is 24.1. The first-order chi connectivity index (χ1) is 11.8. The van der Waals surface area contributed by atoms with Crippen LogP contribution in [0.15, 0.2) is 109 Å². The molecule has 136 valence electrons. The van der Waals surface area contributed by atoms with E-state index in [4.69, 9.17) is 9.31 Å². The predicted molar refractivity (Wildman–Crippen MR) is 97.4 cm³/mol. The summed E-state index contributed by atoms with van der Waals surface area (Å²) >= 11 is 0. The molecule has 0 radical (unpaired) electrons. The minimum Gasteiger partial charge on any atom is -0.524 e. The van der Waals surface area contributed by atoms with Crippen LogP contribution in [0.2, 0.25) is 0 Å². The molecule has 0 aliphatic carbocycles. The van der Waals surface area contributed by atoms with E-state index in [0.29, 0.717) is 11.5 Å². The molecule has 0 unspecified atom stereocenters. The third kappa shape index (κ3) is 10.8. The minimum atomic E-state index is -1.26. The van der Waals surface area contributed by atoms with Crippen LogP contribution in [0.3, 0.4) is 0 Å². The quantitative estimate of drug-likeness (QED) is 0.387. The van der Waals surface area contributed by atoms with Gasteiger partial charge >= 0.3 is 41.5 Å². The molecule has 0 aromatic heterocycles. The topological polar surface area (TPSA) is 38.7 Å². The molecule has 0 saturated carbocycles. The van der Waals surface area contributed by atoms with Crippen LogP contribution >= 0.6 is 0 Å². The second kappa shape index (κ2) is 15.3. The van der Waals surface area contributed by atoms with Crippen molar-refractivity contribution in [2.45, 2.75) is 0 Å². The molecule has 0 fully saturated rings. The van der Waals surface area contributed by atoms with Crippen molar-refractivity contribution in [2.75, 3.05) is 0 Å². The molecule has 0 saturated heterocycles. The average Bonchev–Trinajstić information content (AvgIpc) is 3.35. The third-order valence-corrected chi connectivity index (χ3v) is 2.85. The van der Waals surface area contributed by atoms with Gasteiger partial charge in [-0.05, 0) is 11.5 Å². The van der Waals surface area contributed by atoms with Gasteiger partial charge in [-0.3, -0.25) is 0 Å². The Morgan fingerprint density at radius 2 is 1.00 bits per heavy atom. The van der Waals surface area contributed by atoms with E-state index >= 15 is 0 Å². The Labute approximate surface area is 176 Å². The molecule has 0 atom stereocenters. The maximum absolute atomic E-state index is 9.35. The van der Waals surface area contributed by atoms with E-state index in [1.807, 2.05) is 84.9 Å². The molecule has 26 heavy (non-hydrogen) atoms. The number of hydrogen-bond donors (Lipinski definition) is 1. The van der Waals surface area contributed by atoms with Gasteiger partial charge in [0.05, 0.1) is 0 Å². The van der Waals surface area contributed by atoms with Gasteiger partial charge in [0.15, 0.2) is 0 Å². The zero-order valence-corrected chi connectivity index (χ0v) is 16.1. The van der Waals surface area contributed by atoms with E-state index in [9.17, 15) is 5.02 Å². The van der Waals surface area contributed by atoms with E-state index in [2.05, 4.69) is 0 Å². The molecule has 4 rings (SSSR count). The summed E-state index contributed by atoms with van der Waals surface area (Å²) in [5, 5.41) is 9.35. The molecule has 1 N–H and O–H groups in total. The number of hydrogen-bond acceptors (Lipinski definition) is 3. The smallest absolute Gasteiger partial charge is 0.524 e. The van der Waals surface area contributed by atoms with Gasteiger partial charge in [0.25, 0.3) is 0 Å². The Morgan fingerprint density at radius 3 is 1.23 bits per heavy atom. The maximum atomic E-state index is 9.35. The molecule has 0 bridgehead atoms. The average molecular weight is 430 g/mol. The van der Waals surface area contributed by atoms with Crippen molar-refractivity contribution in [3.8, 4) is 11.5 Å². The van der Waals surface area contributed by atoms with Gasteiger partial charge in [0.2, 0.25) is 0 Å². The molecular weight excluding hydrogens is 411 g/mol. The second-order valence-electron chi connectivity index (χ2n) is 4.71. The van der Waals surface area contributed by atoms with Crippen molar-refractivity contribution in [3.05, 3.63) is 109 Å². The standard InChI is InChI=1S/C10H9BO3.2C5H5.2Fe/c12-11(13-9-5-1-2-6-9)14-10-7-3-4-8-10;2*1-2-4-5-3-1;;/h1-8,12H;2*1-5H;;/q-2;2*-1;2*+2. The summed E-state index contributed by atoms with van der Waals surface area (Å²) in [5.74, 6) is 1.17. The molecule has 0 aliphatic heterocycles. The van der Waals surface area contributed by atoms with Crippen LogP contribution in [0.4, 0.5) is 0 Å². The molecule has 0 amide bonds. The fourth-order valence-electron chi connectivity index (χ4n) is 1.77. The maximum Gasteiger partial charge on any atom is 2.00 e. The Bertz CT molecular complexity index is 594. The van der Waals surface area contributed by atoms with Crippen molar-refractivity contribution in [1.29, 1.82) is 0 Å². The van der Waals surface area contributed by atoms with Crippen molar-refractivity contribution in [3.63, 3.8) is 0 Å². The SMILES string of the molecule is OB(Oc1ccc[cH-]1)Oc1ccc[cH-]1.[Fe+2].[Fe+2].c1cc[cH-]c1.c1cc[cH-]c1. The summed E-state index contributed by atoms with van der Waals surface area (Å²) in [4.78, 5) is 0. The van der Waals surface area contributed by atoms with Crippen LogP contribution in [0.1, 0.15) is 0 Å². The Hall–Kier alpha value is -1.94. The van der Waals surface area contributed by atoms with Crippen molar-refractivity contribution in [1.82, 2.24) is 0 Å². The fraction of sp³-hybridized carbons (Fsp3) is 0. The first-order valence-electron chi connectivity index (χ1n) is 7.63. The van der Waals surface area contributed by atoms with E-state index in [0.717, 1.165) is 0 Å².